The summed E-state index contributed by atoms with van der Waals surface area (Å²) in [5.41, 5.74) is 2.64. The molecule has 0 amide bonds. The third kappa shape index (κ3) is 10.1. The zero-order chi connectivity index (χ0) is 16.2. The second-order valence-corrected chi connectivity index (χ2v) is 5.48. The molecule has 1 nitrogen and oxygen atoms in total. The topological polar surface area (TPSA) is 13.1 Å². The van der Waals surface area contributed by atoms with E-state index >= 15 is 0 Å². The molecule has 3 aromatic rings. The lowest BCUT2D eigenvalue weighted by atomic mass is 10.2. The maximum Gasteiger partial charge on any atom is 0.106 e. The quantitative estimate of drug-likeness (QED) is 0.470. The van der Waals surface area contributed by atoms with Crippen LogP contribution in [0.3, 0.4) is 0 Å². The molecule has 3 rings (SSSR count). The molecule has 0 bridgehead atoms. The smallest absolute Gasteiger partial charge is 0.106 e. The van der Waals surface area contributed by atoms with Crippen LogP contribution < -0.4 is 0 Å². The van der Waals surface area contributed by atoms with E-state index < -0.39 is 0 Å². The molecule has 1 aromatic heterocycles. The molecule has 0 aliphatic rings. The van der Waals surface area contributed by atoms with Crippen molar-refractivity contribution in [1.29, 1.82) is 0 Å². The number of hydrogen-bond donors (Lipinski definition) is 0. The first-order valence-corrected chi connectivity index (χ1v) is 7.66. The Balaban J connectivity index is 0.000000310. The van der Waals surface area contributed by atoms with Crippen LogP contribution in [0, 0.1) is 13.8 Å². The number of benzene rings is 2. The van der Waals surface area contributed by atoms with Crippen molar-refractivity contribution in [2.24, 2.45) is 0 Å². The van der Waals surface area contributed by atoms with Gasteiger partial charge in [0, 0.05) is 5.92 Å². The van der Waals surface area contributed by atoms with Gasteiger partial charge in [0.05, 0.1) is 6.26 Å². The average molecular weight is 310 g/mol. The highest BCUT2D eigenvalue weighted by Gasteiger charge is 1.97. The van der Waals surface area contributed by atoms with Crippen molar-refractivity contribution in [3.8, 4) is 0 Å². The van der Waals surface area contributed by atoms with Gasteiger partial charge in [-0.3, -0.25) is 0 Å². The first kappa shape index (κ1) is 20.7. The van der Waals surface area contributed by atoms with Crippen molar-refractivity contribution < 1.29 is 4.42 Å². The van der Waals surface area contributed by atoms with E-state index in [1.165, 1.54) is 11.1 Å². The van der Waals surface area contributed by atoms with Crippen LogP contribution in [0.4, 0.5) is 0 Å². The highest BCUT2D eigenvalue weighted by Crippen LogP contribution is 2.12. The Hall–Kier alpha value is -2.28. The SMILES string of the molecule is C.CC(C)c1ccco1.Cc1ccccc1.Cc1ccccc1. The summed E-state index contributed by atoms with van der Waals surface area (Å²) in [6.45, 7) is 8.39. The molecule has 0 aliphatic carbocycles. The van der Waals surface area contributed by atoms with Crippen molar-refractivity contribution in [2.75, 3.05) is 0 Å². The molecular formula is C22H30O. The Morgan fingerprint density at radius 1 is 0.652 bits per heavy atom. The molecule has 1 heterocycles. The van der Waals surface area contributed by atoms with Crippen molar-refractivity contribution >= 4 is 0 Å². The molecule has 0 saturated heterocycles. The molecule has 0 aliphatic heterocycles. The van der Waals surface area contributed by atoms with E-state index in [0.717, 1.165) is 5.76 Å². The zero-order valence-electron chi connectivity index (χ0n) is 14.0. The van der Waals surface area contributed by atoms with Gasteiger partial charge in [-0.1, -0.05) is 93.1 Å². The summed E-state index contributed by atoms with van der Waals surface area (Å²) in [6.07, 6.45) is 1.70. The van der Waals surface area contributed by atoms with E-state index in [-0.39, 0.29) is 7.43 Å². The molecule has 0 unspecified atom stereocenters. The second-order valence-electron chi connectivity index (χ2n) is 5.48. The number of aryl methyl sites for hydroxylation is 2. The predicted octanol–water partition coefficient (Wildman–Crippen LogP) is 7.03. The van der Waals surface area contributed by atoms with Crippen LogP contribution in [0.25, 0.3) is 0 Å². The van der Waals surface area contributed by atoms with E-state index in [1.807, 2.05) is 48.5 Å². The molecule has 1 heteroatoms. The lowest BCUT2D eigenvalue weighted by Crippen LogP contribution is -1.79. The largest absolute Gasteiger partial charge is 0.469 e. The van der Waals surface area contributed by atoms with Crippen LogP contribution in [0.15, 0.2) is 83.5 Å². The van der Waals surface area contributed by atoms with Crippen LogP contribution in [0.2, 0.25) is 0 Å². The fourth-order valence-corrected chi connectivity index (χ4v) is 1.69. The highest BCUT2D eigenvalue weighted by atomic mass is 16.3. The Labute approximate surface area is 142 Å². The average Bonchev–Trinajstić information content (AvgIpc) is 3.05. The van der Waals surface area contributed by atoms with Gasteiger partial charge in [0.1, 0.15) is 5.76 Å². The lowest BCUT2D eigenvalue weighted by Gasteiger charge is -1.94. The maximum absolute atomic E-state index is 5.09. The van der Waals surface area contributed by atoms with Crippen LogP contribution in [-0.2, 0) is 0 Å². The van der Waals surface area contributed by atoms with Gasteiger partial charge in [-0.25, -0.2) is 0 Å². The van der Waals surface area contributed by atoms with E-state index in [9.17, 15) is 0 Å². The molecule has 0 atom stereocenters. The molecule has 124 valence electrons. The van der Waals surface area contributed by atoms with Crippen molar-refractivity contribution in [3.05, 3.63) is 95.9 Å². The van der Waals surface area contributed by atoms with Gasteiger partial charge in [0.2, 0.25) is 0 Å². The van der Waals surface area contributed by atoms with Crippen LogP contribution in [0.5, 0.6) is 0 Å². The molecule has 0 fully saturated rings. The van der Waals surface area contributed by atoms with Crippen LogP contribution >= 0.6 is 0 Å². The summed E-state index contributed by atoms with van der Waals surface area (Å²) in [5.74, 6) is 1.58. The van der Waals surface area contributed by atoms with Crippen LogP contribution in [-0.4, -0.2) is 0 Å². The van der Waals surface area contributed by atoms with E-state index in [0.29, 0.717) is 5.92 Å². The number of rotatable bonds is 1. The number of hydrogen-bond acceptors (Lipinski definition) is 1. The summed E-state index contributed by atoms with van der Waals surface area (Å²) >= 11 is 0. The predicted molar refractivity (Wildman–Crippen MR) is 102 cm³/mol. The molecule has 0 N–H and O–H groups in total. The van der Waals surface area contributed by atoms with Crippen LogP contribution in [0.1, 0.15) is 44.1 Å². The van der Waals surface area contributed by atoms with Gasteiger partial charge in [-0.2, -0.15) is 0 Å². The van der Waals surface area contributed by atoms with E-state index in [4.69, 9.17) is 4.42 Å². The fraction of sp³-hybridized carbons (Fsp3) is 0.273. The summed E-state index contributed by atoms with van der Waals surface area (Å²) in [4.78, 5) is 0. The van der Waals surface area contributed by atoms with Crippen molar-refractivity contribution in [3.63, 3.8) is 0 Å². The fourth-order valence-electron chi connectivity index (χ4n) is 1.69. The minimum Gasteiger partial charge on any atom is -0.469 e. The summed E-state index contributed by atoms with van der Waals surface area (Å²) in [5, 5.41) is 0. The standard InChI is InChI=1S/C7H10O.2C7H8.CH4/c1-6(2)7-4-3-5-8-7;2*1-7-5-3-2-4-6-7;/h3-6H,1-2H3;2*2-6H,1H3;1H4. The van der Waals surface area contributed by atoms with Gasteiger partial charge < -0.3 is 4.42 Å². The molecule has 23 heavy (non-hydrogen) atoms. The first-order valence-electron chi connectivity index (χ1n) is 7.66. The minimum atomic E-state index is 0. The molecule has 2 aromatic carbocycles. The molecule has 0 radical (unpaired) electrons. The van der Waals surface area contributed by atoms with Crippen molar-refractivity contribution in [2.45, 2.75) is 41.0 Å². The van der Waals surface area contributed by atoms with E-state index in [1.54, 1.807) is 6.26 Å². The van der Waals surface area contributed by atoms with Gasteiger partial charge in [-0.05, 0) is 26.0 Å². The highest BCUT2D eigenvalue weighted by molar-refractivity contribution is 5.12. The third-order valence-electron chi connectivity index (χ3n) is 2.99. The first-order chi connectivity index (χ1) is 10.6. The monoisotopic (exact) mass is 310 g/mol. The Bertz CT molecular complexity index is 543. The second kappa shape index (κ2) is 12.3. The Morgan fingerprint density at radius 2 is 1.09 bits per heavy atom. The van der Waals surface area contributed by atoms with Gasteiger partial charge in [0.15, 0.2) is 0 Å². The molecular weight excluding hydrogens is 280 g/mol. The van der Waals surface area contributed by atoms with Gasteiger partial charge in [-0.15, -0.1) is 0 Å². The van der Waals surface area contributed by atoms with Gasteiger partial charge in [0.25, 0.3) is 0 Å². The van der Waals surface area contributed by atoms with Gasteiger partial charge >= 0.3 is 0 Å². The van der Waals surface area contributed by atoms with E-state index in [2.05, 4.69) is 52.0 Å². The summed E-state index contributed by atoms with van der Waals surface area (Å²) < 4.78 is 5.09. The Kier molecular flexibility index (Phi) is 11.1. The molecule has 0 spiro atoms. The Morgan fingerprint density at radius 3 is 1.26 bits per heavy atom. The molecule has 0 saturated carbocycles. The van der Waals surface area contributed by atoms with Crippen molar-refractivity contribution in [1.82, 2.24) is 0 Å². The summed E-state index contributed by atoms with van der Waals surface area (Å²) in [7, 11) is 0. The number of furan rings is 1. The maximum atomic E-state index is 5.09. The normalized spacial score (nSPS) is 8.91. The minimum absolute atomic E-state index is 0. The summed E-state index contributed by atoms with van der Waals surface area (Å²) in [6, 6.07) is 24.4. The third-order valence-corrected chi connectivity index (χ3v) is 2.99. The lowest BCUT2D eigenvalue weighted by molar-refractivity contribution is 0.487. The zero-order valence-corrected chi connectivity index (χ0v) is 14.0.